The maximum Gasteiger partial charge on any atom is 0.231 e. The molecule has 1 amide bonds. The van der Waals surface area contributed by atoms with Crippen molar-refractivity contribution in [1.29, 1.82) is 0 Å². The number of piperidine rings is 1. The zero-order chi connectivity index (χ0) is 19.6. The molecule has 5 rings (SSSR count). The van der Waals surface area contributed by atoms with Gasteiger partial charge in [-0.15, -0.1) is 0 Å². The van der Waals surface area contributed by atoms with Crippen LogP contribution < -0.4 is 9.80 Å². The standard InChI is InChI=1S/C22H24N6O/c29-22(27-12-4-7-17-6-1-2-9-19(17)27)18-8-3-11-26(15-18)20-14-21(24-16-23-20)28-13-5-10-25-28/h1-2,5-6,9-10,13-14,16,18H,3-4,7-8,11-12,15H2. The number of rotatable bonds is 3. The van der Waals surface area contributed by atoms with E-state index in [0.717, 1.165) is 56.1 Å². The fraction of sp³-hybridized carbons (Fsp3) is 0.364. The fourth-order valence-electron chi connectivity index (χ4n) is 4.41. The Kier molecular flexibility index (Phi) is 4.71. The maximum atomic E-state index is 13.4. The Morgan fingerprint density at radius 3 is 2.83 bits per heavy atom. The van der Waals surface area contributed by atoms with E-state index >= 15 is 0 Å². The third-order valence-electron chi connectivity index (χ3n) is 5.85. The number of fused-ring (bicyclic) bond motifs is 1. The Bertz CT molecular complexity index is 1000. The molecule has 1 fully saturated rings. The number of benzene rings is 1. The Morgan fingerprint density at radius 2 is 1.93 bits per heavy atom. The monoisotopic (exact) mass is 388 g/mol. The van der Waals surface area contributed by atoms with Crippen molar-refractivity contribution in [2.45, 2.75) is 25.7 Å². The molecule has 1 aromatic carbocycles. The Balaban J connectivity index is 1.35. The van der Waals surface area contributed by atoms with E-state index in [2.05, 4.69) is 38.2 Å². The van der Waals surface area contributed by atoms with Gasteiger partial charge in [0, 0.05) is 43.8 Å². The van der Waals surface area contributed by atoms with Crippen LogP contribution >= 0.6 is 0 Å². The smallest absolute Gasteiger partial charge is 0.231 e. The van der Waals surface area contributed by atoms with Crippen molar-refractivity contribution in [1.82, 2.24) is 19.7 Å². The van der Waals surface area contributed by atoms with Crippen molar-refractivity contribution in [2.75, 3.05) is 29.4 Å². The van der Waals surface area contributed by atoms with E-state index < -0.39 is 0 Å². The van der Waals surface area contributed by atoms with Gasteiger partial charge in [0.15, 0.2) is 5.82 Å². The first kappa shape index (κ1) is 17.8. The van der Waals surface area contributed by atoms with Gasteiger partial charge in [-0.3, -0.25) is 4.79 Å². The molecule has 0 bridgehead atoms. The lowest BCUT2D eigenvalue weighted by molar-refractivity contribution is -0.122. The van der Waals surface area contributed by atoms with Gasteiger partial charge in [-0.1, -0.05) is 18.2 Å². The number of aryl methyl sites for hydroxylation is 1. The van der Waals surface area contributed by atoms with Crippen molar-refractivity contribution < 1.29 is 4.79 Å². The molecule has 0 spiro atoms. The molecule has 4 heterocycles. The van der Waals surface area contributed by atoms with Crippen LogP contribution in [0.15, 0.2) is 55.1 Å². The highest BCUT2D eigenvalue weighted by atomic mass is 16.2. The third kappa shape index (κ3) is 3.48. The van der Waals surface area contributed by atoms with Crippen molar-refractivity contribution in [2.24, 2.45) is 5.92 Å². The van der Waals surface area contributed by atoms with E-state index in [1.807, 2.05) is 29.3 Å². The number of amides is 1. The van der Waals surface area contributed by atoms with Crippen LogP contribution in [0.1, 0.15) is 24.8 Å². The zero-order valence-electron chi connectivity index (χ0n) is 16.3. The first-order valence-electron chi connectivity index (χ1n) is 10.3. The van der Waals surface area contributed by atoms with Gasteiger partial charge in [0.2, 0.25) is 5.91 Å². The van der Waals surface area contributed by atoms with E-state index in [1.54, 1.807) is 17.2 Å². The molecule has 1 saturated heterocycles. The number of aromatic nitrogens is 4. The molecule has 7 nitrogen and oxygen atoms in total. The van der Waals surface area contributed by atoms with E-state index in [0.29, 0.717) is 6.54 Å². The maximum absolute atomic E-state index is 13.4. The average Bonchev–Trinajstić information content (AvgIpc) is 3.33. The molecule has 29 heavy (non-hydrogen) atoms. The molecule has 0 saturated carbocycles. The molecule has 0 aliphatic carbocycles. The highest BCUT2D eigenvalue weighted by Crippen LogP contribution is 2.30. The summed E-state index contributed by atoms with van der Waals surface area (Å²) >= 11 is 0. The van der Waals surface area contributed by atoms with Crippen LogP contribution in [-0.2, 0) is 11.2 Å². The minimum atomic E-state index is -0.0157. The lowest BCUT2D eigenvalue weighted by Crippen LogP contribution is -2.46. The summed E-state index contributed by atoms with van der Waals surface area (Å²) in [6.45, 7) is 2.40. The summed E-state index contributed by atoms with van der Waals surface area (Å²) in [5.74, 6) is 1.81. The summed E-state index contributed by atoms with van der Waals surface area (Å²) in [4.78, 5) is 26.4. The molecule has 2 aromatic heterocycles. The minimum Gasteiger partial charge on any atom is -0.356 e. The summed E-state index contributed by atoms with van der Waals surface area (Å²) in [6.07, 6.45) is 9.14. The molecule has 0 radical (unpaired) electrons. The van der Waals surface area contributed by atoms with Crippen LogP contribution in [0.5, 0.6) is 0 Å². The zero-order valence-corrected chi connectivity index (χ0v) is 16.3. The van der Waals surface area contributed by atoms with E-state index in [-0.39, 0.29) is 11.8 Å². The Labute approximate surface area is 170 Å². The van der Waals surface area contributed by atoms with Crippen LogP contribution in [0.4, 0.5) is 11.5 Å². The highest BCUT2D eigenvalue weighted by molar-refractivity contribution is 5.96. The van der Waals surface area contributed by atoms with Gasteiger partial charge in [-0.2, -0.15) is 5.10 Å². The molecule has 148 valence electrons. The number of carbonyl (C=O) groups is 1. The van der Waals surface area contributed by atoms with Gasteiger partial charge in [0.05, 0.1) is 5.92 Å². The lowest BCUT2D eigenvalue weighted by atomic mass is 9.94. The predicted octanol–water partition coefficient (Wildman–Crippen LogP) is 2.86. The minimum absolute atomic E-state index is 0.0157. The van der Waals surface area contributed by atoms with Gasteiger partial charge in [0.25, 0.3) is 0 Å². The second-order valence-corrected chi connectivity index (χ2v) is 7.69. The second kappa shape index (κ2) is 7.66. The topological polar surface area (TPSA) is 67.2 Å². The number of nitrogens with zero attached hydrogens (tertiary/aromatic N) is 6. The normalized spacial score (nSPS) is 19.1. The third-order valence-corrected chi connectivity index (χ3v) is 5.85. The van der Waals surface area contributed by atoms with E-state index in [1.165, 1.54) is 5.56 Å². The van der Waals surface area contributed by atoms with Crippen LogP contribution in [0, 0.1) is 5.92 Å². The van der Waals surface area contributed by atoms with Crippen molar-refractivity contribution in [3.8, 4) is 5.82 Å². The van der Waals surface area contributed by atoms with Gasteiger partial charge in [0.1, 0.15) is 12.1 Å². The molecule has 3 aromatic rings. The summed E-state index contributed by atoms with van der Waals surface area (Å²) in [5.41, 5.74) is 2.36. The average molecular weight is 388 g/mol. The second-order valence-electron chi connectivity index (χ2n) is 7.69. The Morgan fingerprint density at radius 1 is 1.03 bits per heavy atom. The summed E-state index contributed by atoms with van der Waals surface area (Å²) in [5, 5.41) is 4.25. The van der Waals surface area contributed by atoms with Crippen LogP contribution in [-0.4, -0.2) is 45.3 Å². The molecule has 0 N–H and O–H groups in total. The summed E-state index contributed by atoms with van der Waals surface area (Å²) in [6, 6.07) is 12.1. The largest absolute Gasteiger partial charge is 0.356 e. The van der Waals surface area contributed by atoms with Crippen LogP contribution in [0.25, 0.3) is 5.82 Å². The van der Waals surface area contributed by atoms with Crippen molar-refractivity contribution in [3.63, 3.8) is 0 Å². The number of carbonyl (C=O) groups excluding carboxylic acids is 1. The molecule has 1 unspecified atom stereocenters. The number of hydrogen-bond acceptors (Lipinski definition) is 5. The number of para-hydroxylation sites is 1. The van der Waals surface area contributed by atoms with Crippen molar-refractivity contribution in [3.05, 3.63) is 60.7 Å². The van der Waals surface area contributed by atoms with Gasteiger partial charge < -0.3 is 9.80 Å². The SMILES string of the molecule is O=C(C1CCCN(c2cc(-n3cccn3)ncn2)C1)N1CCCc2ccccc21. The van der Waals surface area contributed by atoms with Gasteiger partial charge in [-0.05, 0) is 43.4 Å². The predicted molar refractivity (Wildman–Crippen MR) is 111 cm³/mol. The first-order valence-corrected chi connectivity index (χ1v) is 10.3. The van der Waals surface area contributed by atoms with Crippen LogP contribution in [0.2, 0.25) is 0 Å². The molecule has 2 aliphatic heterocycles. The quantitative estimate of drug-likeness (QED) is 0.690. The van der Waals surface area contributed by atoms with Crippen molar-refractivity contribution >= 4 is 17.4 Å². The summed E-state index contributed by atoms with van der Waals surface area (Å²) in [7, 11) is 0. The molecular weight excluding hydrogens is 364 g/mol. The number of anilines is 2. The fourth-order valence-corrected chi connectivity index (χ4v) is 4.41. The van der Waals surface area contributed by atoms with E-state index in [9.17, 15) is 4.79 Å². The van der Waals surface area contributed by atoms with Gasteiger partial charge >= 0.3 is 0 Å². The first-order chi connectivity index (χ1) is 14.3. The molecular formula is C22H24N6O. The summed E-state index contributed by atoms with van der Waals surface area (Å²) < 4.78 is 1.72. The molecule has 1 atom stereocenters. The number of hydrogen-bond donors (Lipinski definition) is 0. The highest BCUT2D eigenvalue weighted by Gasteiger charge is 2.32. The van der Waals surface area contributed by atoms with Crippen LogP contribution in [0.3, 0.4) is 0 Å². The van der Waals surface area contributed by atoms with Gasteiger partial charge in [-0.25, -0.2) is 14.6 Å². The lowest BCUT2D eigenvalue weighted by Gasteiger charge is -2.37. The molecule has 2 aliphatic rings. The Hall–Kier alpha value is -3.22. The van der Waals surface area contributed by atoms with E-state index in [4.69, 9.17) is 0 Å². The molecule has 7 heteroatoms.